The van der Waals surface area contributed by atoms with Gasteiger partial charge in [0.2, 0.25) is 0 Å². The summed E-state index contributed by atoms with van der Waals surface area (Å²) >= 11 is 5.84. The van der Waals surface area contributed by atoms with E-state index in [2.05, 4.69) is 10.6 Å². The third kappa shape index (κ3) is 7.52. The van der Waals surface area contributed by atoms with Gasteiger partial charge in [-0.1, -0.05) is 62.2 Å². The molecular weight excluding hydrogens is 404 g/mol. The minimum atomic E-state index is -0.852. The van der Waals surface area contributed by atoms with Crippen LogP contribution in [0, 0.1) is 5.92 Å². The van der Waals surface area contributed by atoms with E-state index < -0.39 is 24.5 Å². The number of ether oxygens (including phenoxy) is 1. The number of halogens is 1. The Balaban J connectivity index is 1.84. The molecule has 2 N–H and O–H groups in total. The third-order valence-corrected chi connectivity index (χ3v) is 5.04. The van der Waals surface area contributed by atoms with Crippen LogP contribution in [0.5, 0.6) is 0 Å². The molecule has 0 spiro atoms. The van der Waals surface area contributed by atoms with Crippen molar-refractivity contribution in [2.45, 2.75) is 32.7 Å². The lowest BCUT2D eigenvalue weighted by atomic mass is 9.99. The maximum Gasteiger partial charge on any atom is 0.329 e. The lowest BCUT2D eigenvalue weighted by molar-refractivity contribution is -0.151. The van der Waals surface area contributed by atoms with Gasteiger partial charge in [-0.25, -0.2) is 4.79 Å². The van der Waals surface area contributed by atoms with Crippen LogP contribution in [0.2, 0.25) is 5.02 Å². The molecule has 2 aromatic carbocycles. The molecule has 30 heavy (non-hydrogen) atoms. The molecule has 2 atom stereocenters. The van der Waals surface area contributed by atoms with E-state index in [1.54, 1.807) is 24.3 Å². The molecule has 0 aromatic heterocycles. The van der Waals surface area contributed by atoms with E-state index in [0.29, 0.717) is 30.0 Å². The second kappa shape index (κ2) is 12.0. The monoisotopic (exact) mass is 430 g/mol. The summed E-state index contributed by atoms with van der Waals surface area (Å²) in [6, 6.07) is 15.3. The number of rotatable bonds is 10. The van der Waals surface area contributed by atoms with Crippen LogP contribution in [0.25, 0.3) is 0 Å². The summed E-state index contributed by atoms with van der Waals surface area (Å²) in [6.07, 6.45) is 1.34. The molecule has 6 nitrogen and oxygen atoms in total. The molecule has 0 aliphatic heterocycles. The quantitative estimate of drug-likeness (QED) is 0.566. The SMILES string of the molecule is CC[C@H](C)[C@H](NC(=O)c1ccc(Cl)cc1)C(=O)OCC(=O)NCCc1ccccc1. The fourth-order valence-electron chi connectivity index (χ4n) is 2.76. The van der Waals surface area contributed by atoms with Gasteiger partial charge in [-0.15, -0.1) is 0 Å². The number of esters is 1. The van der Waals surface area contributed by atoms with E-state index in [9.17, 15) is 14.4 Å². The van der Waals surface area contributed by atoms with Crippen molar-refractivity contribution in [3.05, 3.63) is 70.7 Å². The number of carbonyl (C=O) groups is 3. The Labute approximate surface area is 182 Å². The van der Waals surface area contributed by atoms with Crippen molar-refractivity contribution in [1.29, 1.82) is 0 Å². The van der Waals surface area contributed by atoms with Gasteiger partial charge in [0.15, 0.2) is 6.61 Å². The summed E-state index contributed by atoms with van der Waals surface area (Å²) in [6.45, 7) is 3.81. The standard InChI is InChI=1S/C23H27ClN2O4/c1-3-16(2)21(26-22(28)18-9-11-19(24)12-10-18)23(29)30-15-20(27)25-14-13-17-7-5-4-6-8-17/h4-12,16,21H,3,13-15H2,1-2H3,(H,25,27)(H,26,28)/t16-,21-/m0/s1. The summed E-state index contributed by atoms with van der Waals surface area (Å²) in [5.74, 6) is -1.58. The van der Waals surface area contributed by atoms with Crippen molar-refractivity contribution >= 4 is 29.4 Å². The van der Waals surface area contributed by atoms with E-state index in [-0.39, 0.29) is 11.8 Å². The van der Waals surface area contributed by atoms with Crippen molar-refractivity contribution in [2.24, 2.45) is 5.92 Å². The molecule has 0 saturated heterocycles. The zero-order valence-corrected chi connectivity index (χ0v) is 17.9. The third-order valence-electron chi connectivity index (χ3n) is 4.78. The van der Waals surface area contributed by atoms with Crippen molar-refractivity contribution in [2.75, 3.05) is 13.2 Å². The van der Waals surface area contributed by atoms with Gasteiger partial charge in [-0.05, 0) is 42.2 Å². The summed E-state index contributed by atoms with van der Waals surface area (Å²) in [5.41, 5.74) is 1.50. The summed E-state index contributed by atoms with van der Waals surface area (Å²) in [7, 11) is 0. The number of carbonyl (C=O) groups excluding carboxylic acids is 3. The maximum absolute atomic E-state index is 12.5. The molecule has 7 heteroatoms. The van der Waals surface area contributed by atoms with Crippen LogP contribution in [0.4, 0.5) is 0 Å². The molecule has 0 saturated carbocycles. The molecule has 0 radical (unpaired) electrons. The van der Waals surface area contributed by atoms with Gasteiger partial charge in [0.25, 0.3) is 11.8 Å². The van der Waals surface area contributed by atoms with Crippen LogP contribution in [-0.2, 0) is 20.7 Å². The van der Waals surface area contributed by atoms with Crippen LogP contribution in [0.1, 0.15) is 36.2 Å². The average molecular weight is 431 g/mol. The highest BCUT2D eigenvalue weighted by atomic mass is 35.5. The lowest BCUT2D eigenvalue weighted by Gasteiger charge is -2.22. The van der Waals surface area contributed by atoms with E-state index in [1.807, 2.05) is 44.2 Å². The topological polar surface area (TPSA) is 84.5 Å². The maximum atomic E-state index is 12.5. The lowest BCUT2D eigenvalue weighted by Crippen LogP contribution is -2.46. The first-order chi connectivity index (χ1) is 14.4. The number of hydrogen-bond donors (Lipinski definition) is 2. The van der Waals surface area contributed by atoms with Crippen molar-refractivity contribution in [1.82, 2.24) is 10.6 Å². The van der Waals surface area contributed by atoms with Crippen molar-refractivity contribution in [3.63, 3.8) is 0 Å². The molecule has 0 bridgehead atoms. The number of nitrogens with one attached hydrogen (secondary N) is 2. The number of hydrogen-bond acceptors (Lipinski definition) is 4. The van der Waals surface area contributed by atoms with E-state index in [0.717, 1.165) is 5.56 Å². The smallest absolute Gasteiger partial charge is 0.329 e. The average Bonchev–Trinajstić information content (AvgIpc) is 2.76. The molecular formula is C23H27ClN2O4. The summed E-state index contributed by atoms with van der Waals surface area (Å²) < 4.78 is 5.16. The summed E-state index contributed by atoms with van der Waals surface area (Å²) in [5, 5.41) is 5.94. The van der Waals surface area contributed by atoms with Crippen LogP contribution >= 0.6 is 11.6 Å². The van der Waals surface area contributed by atoms with Gasteiger partial charge in [-0.2, -0.15) is 0 Å². The Bertz CT molecular complexity index is 840. The Kier molecular flexibility index (Phi) is 9.35. The first kappa shape index (κ1) is 23.4. The molecule has 0 unspecified atom stereocenters. The normalized spacial score (nSPS) is 12.5. The van der Waals surface area contributed by atoms with Crippen LogP contribution in [0.15, 0.2) is 54.6 Å². The van der Waals surface area contributed by atoms with Gasteiger partial charge < -0.3 is 15.4 Å². The van der Waals surface area contributed by atoms with Gasteiger partial charge >= 0.3 is 5.97 Å². The fourth-order valence-corrected chi connectivity index (χ4v) is 2.89. The Morgan fingerprint density at radius 1 is 1.03 bits per heavy atom. The van der Waals surface area contributed by atoms with E-state index in [4.69, 9.17) is 16.3 Å². The molecule has 160 valence electrons. The van der Waals surface area contributed by atoms with Crippen LogP contribution < -0.4 is 10.6 Å². The molecule has 0 heterocycles. The molecule has 2 rings (SSSR count). The van der Waals surface area contributed by atoms with E-state index >= 15 is 0 Å². The minimum Gasteiger partial charge on any atom is -0.454 e. The Morgan fingerprint density at radius 2 is 1.70 bits per heavy atom. The van der Waals surface area contributed by atoms with Crippen molar-refractivity contribution < 1.29 is 19.1 Å². The second-order valence-electron chi connectivity index (χ2n) is 7.04. The van der Waals surface area contributed by atoms with Crippen LogP contribution in [0.3, 0.4) is 0 Å². The van der Waals surface area contributed by atoms with Crippen molar-refractivity contribution in [3.8, 4) is 0 Å². The molecule has 2 aromatic rings. The zero-order valence-electron chi connectivity index (χ0n) is 17.2. The van der Waals surface area contributed by atoms with Gasteiger partial charge in [0.1, 0.15) is 6.04 Å². The van der Waals surface area contributed by atoms with Gasteiger partial charge in [-0.3, -0.25) is 9.59 Å². The first-order valence-corrected chi connectivity index (χ1v) is 10.3. The van der Waals surface area contributed by atoms with Crippen LogP contribution in [-0.4, -0.2) is 37.0 Å². The molecule has 0 fully saturated rings. The summed E-state index contributed by atoms with van der Waals surface area (Å²) in [4.78, 5) is 37.0. The molecule has 0 aliphatic rings. The highest BCUT2D eigenvalue weighted by molar-refractivity contribution is 6.30. The highest BCUT2D eigenvalue weighted by Gasteiger charge is 2.28. The number of amides is 2. The molecule has 0 aliphatic carbocycles. The molecule has 2 amide bonds. The predicted octanol–water partition coefficient (Wildman–Crippen LogP) is 3.39. The zero-order chi connectivity index (χ0) is 21.9. The number of benzene rings is 2. The first-order valence-electron chi connectivity index (χ1n) is 9.94. The van der Waals surface area contributed by atoms with E-state index in [1.165, 1.54) is 0 Å². The fraction of sp³-hybridized carbons (Fsp3) is 0.348. The minimum absolute atomic E-state index is 0.158. The second-order valence-corrected chi connectivity index (χ2v) is 7.47. The largest absolute Gasteiger partial charge is 0.454 e. The van der Waals surface area contributed by atoms with Gasteiger partial charge in [0.05, 0.1) is 0 Å². The predicted molar refractivity (Wildman–Crippen MR) is 116 cm³/mol. The highest BCUT2D eigenvalue weighted by Crippen LogP contribution is 2.13. The van der Waals surface area contributed by atoms with Gasteiger partial charge in [0, 0.05) is 17.1 Å². The Morgan fingerprint density at radius 3 is 2.33 bits per heavy atom. The Hall–Kier alpha value is -2.86.